The third-order valence-electron chi connectivity index (χ3n) is 3.89. The van der Waals surface area contributed by atoms with Crippen molar-refractivity contribution in [3.05, 3.63) is 0 Å². The van der Waals surface area contributed by atoms with Crippen molar-refractivity contribution >= 4 is 10.4 Å². The summed E-state index contributed by atoms with van der Waals surface area (Å²) in [6.45, 7) is 3.62. The molecule has 0 radical (unpaired) electrons. The molecule has 0 spiro atoms. The van der Waals surface area contributed by atoms with Gasteiger partial charge in [-0.3, -0.25) is 8.74 Å². The molecular weight excluding hydrogens is 326 g/mol. The molecule has 0 aromatic heterocycles. The first kappa shape index (κ1) is 26.1. The minimum absolute atomic E-state index is 0.870. The average Bonchev–Trinajstić information content (AvgIpc) is 2.47. The van der Waals surface area contributed by atoms with E-state index in [-0.39, 0.29) is 0 Å². The Kier molecular flexibility index (Phi) is 17.7. The van der Waals surface area contributed by atoms with Crippen LogP contribution in [0.25, 0.3) is 0 Å². The van der Waals surface area contributed by atoms with Gasteiger partial charge >= 0.3 is 10.4 Å². The van der Waals surface area contributed by atoms with Crippen LogP contribution in [0.2, 0.25) is 0 Å². The van der Waals surface area contributed by atoms with Gasteiger partial charge in [-0.25, -0.2) is 0 Å². The Labute approximate surface area is 151 Å². The van der Waals surface area contributed by atoms with E-state index in [4.69, 9.17) is 4.55 Å². The molecule has 24 heavy (non-hydrogen) atoms. The first-order chi connectivity index (χ1) is 11.1. The van der Waals surface area contributed by atoms with Gasteiger partial charge in [0, 0.05) is 0 Å². The first-order valence-corrected chi connectivity index (χ1v) is 10.8. The molecule has 0 aliphatic carbocycles. The highest BCUT2D eigenvalue weighted by Crippen LogP contribution is 2.12. The van der Waals surface area contributed by atoms with Crippen LogP contribution in [0.5, 0.6) is 0 Å². The van der Waals surface area contributed by atoms with Gasteiger partial charge in [0.15, 0.2) is 0 Å². The van der Waals surface area contributed by atoms with Gasteiger partial charge in [-0.05, 0) is 12.8 Å². The molecule has 0 aromatic carbocycles. The molecule has 0 amide bonds. The lowest BCUT2D eigenvalue weighted by atomic mass is 10.1. The summed E-state index contributed by atoms with van der Waals surface area (Å²) in [5.74, 6) is 0. The molecule has 6 heteroatoms. The lowest BCUT2D eigenvalue weighted by Gasteiger charge is -2.23. The van der Waals surface area contributed by atoms with Crippen LogP contribution in [0.4, 0.5) is 0 Å². The van der Waals surface area contributed by atoms with Crippen LogP contribution in [0.15, 0.2) is 0 Å². The van der Waals surface area contributed by atoms with Crippen LogP contribution in [0.1, 0.15) is 84.0 Å². The van der Waals surface area contributed by atoms with Crippen molar-refractivity contribution in [3.63, 3.8) is 0 Å². The van der Waals surface area contributed by atoms with E-state index in [9.17, 15) is 8.42 Å². The molecule has 0 aliphatic heterocycles. The normalized spacial score (nSPS) is 11.9. The van der Waals surface area contributed by atoms with Gasteiger partial charge in [0.1, 0.15) is 0 Å². The highest BCUT2D eigenvalue weighted by atomic mass is 32.3. The van der Waals surface area contributed by atoms with Crippen molar-refractivity contribution in [2.75, 3.05) is 34.8 Å². The third-order valence-corrected chi connectivity index (χ3v) is 4.31. The minimum Gasteiger partial charge on any atom is -0.331 e. The largest absolute Gasteiger partial charge is 0.397 e. The van der Waals surface area contributed by atoms with Crippen LogP contribution in [0.3, 0.4) is 0 Å². The predicted molar refractivity (Wildman–Crippen MR) is 103 cm³/mol. The summed E-state index contributed by atoms with van der Waals surface area (Å²) in [4.78, 5) is 0. The molecule has 0 saturated carbocycles. The van der Waals surface area contributed by atoms with Crippen molar-refractivity contribution in [1.29, 1.82) is 0 Å². The fourth-order valence-electron chi connectivity index (χ4n) is 2.43. The van der Waals surface area contributed by atoms with Crippen LogP contribution in [0, 0.1) is 0 Å². The zero-order valence-electron chi connectivity index (χ0n) is 16.7. The van der Waals surface area contributed by atoms with Gasteiger partial charge < -0.3 is 4.48 Å². The number of quaternary nitrogens is 1. The Morgan fingerprint density at radius 2 is 1.04 bits per heavy atom. The molecule has 1 N–H and O–H groups in total. The van der Waals surface area contributed by atoms with Crippen LogP contribution in [-0.4, -0.2) is 52.3 Å². The fraction of sp³-hybridized carbons (Fsp3) is 1.00. The second kappa shape index (κ2) is 16.3. The van der Waals surface area contributed by atoms with E-state index in [2.05, 4.69) is 32.2 Å². The minimum atomic E-state index is -4.16. The van der Waals surface area contributed by atoms with Gasteiger partial charge in [-0.2, -0.15) is 8.42 Å². The van der Waals surface area contributed by atoms with E-state index in [0.29, 0.717) is 0 Å². The Morgan fingerprint density at radius 3 is 1.29 bits per heavy atom. The van der Waals surface area contributed by atoms with Gasteiger partial charge in [-0.15, -0.1) is 0 Å². The summed E-state index contributed by atoms with van der Waals surface area (Å²) >= 11 is 0. The number of hydrogen-bond donors (Lipinski definition) is 1. The first-order valence-electron chi connectivity index (χ1n) is 9.46. The SMILES string of the molecule is CCCCCCCCCCCCCC[N+](C)(C)C.COS(=O)(=O)O. The molecule has 148 valence electrons. The van der Waals surface area contributed by atoms with Gasteiger partial charge in [-0.1, -0.05) is 71.1 Å². The van der Waals surface area contributed by atoms with Crippen molar-refractivity contribution in [2.45, 2.75) is 84.0 Å². The maximum Gasteiger partial charge on any atom is 0.397 e. The van der Waals surface area contributed by atoms with E-state index in [1.807, 2.05) is 0 Å². The quantitative estimate of drug-likeness (QED) is 0.271. The molecule has 0 heterocycles. The molecule has 0 fully saturated rings. The molecular formula is C18H42NO4S+. The Morgan fingerprint density at radius 1 is 0.750 bits per heavy atom. The standard InChI is InChI=1S/C17H38N.CH4O4S/c1-5-6-7-8-9-10-11-12-13-14-15-16-17-18(2,3)4;1-5-6(2,3)4/h5-17H2,1-4H3;1H3,(H,2,3,4)/q+1;. The van der Waals surface area contributed by atoms with Crippen LogP contribution in [-0.2, 0) is 14.6 Å². The van der Waals surface area contributed by atoms with Crippen LogP contribution >= 0.6 is 0 Å². The number of unbranched alkanes of at least 4 members (excludes halogenated alkanes) is 11. The Balaban J connectivity index is 0. The summed E-state index contributed by atoms with van der Waals surface area (Å²) in [7, 11) is 3.58. The topological polar surface area (TPSA) is 63.6 Å². The van der Waals surface area contributed by atoms with E-state index in [0.717, 1.165) is 11.6 Å². The summed E-state index contributed by atoms with van der Waals surface area (Å²) in [5, 5.41) is 0. The zero-order chi connectivity index (χ0) is 18.9. The summed E-state index contributed by atoms with van der Waals surface area (Å²) in [6, 6.07) is 0. The van der Waals surface area contributed by atoms with E-state index < -0.39 is 10.4 Å². The summed E-state index contributed by atoms with van der Waals surface area (Å²) in [6.07, 6.45) is 17.4. The lowest BCUT2D eigenvalue weighted by Crippen LogP contribution is -2.35. The van der Waals surface area contributed by atoms with Crippen molar-refractivity contribution in [1.82, 2.24) is 0 Å². The zero-order valence-corrected chi connectivity index (χ0v) is 17.5. The Hall–Kier alpha value is -0.170. The molecule has 0 aromatic rings. The van der Waals surface area contributed by atoms with Crippen LogP contribution < -0.4 is 0 Å². The number of hydrogen-bond acceptors (Lipinski definition) is 3. The molecule has 0 bridgehead atoms. The van der Waals surface area contributed by atoms with Crippen molar-refractivity contribution in [2.24, 2.45) is 0 Å². The lowest BCUT2D eigenvalue weighted by molar-refractivity contribution is -0.870. The monoisotopic (exact) mass is 368 g/mol. The highest BCUT2D eigenvalue weighted by molar-refractivity contribution is 7.80. The van der Waals surface area contributed by atoms with E-state index in [1.165, 1.54) is 83.6 Å². The summed E-state index contributed by atoms with van der Waals surface area (Å²) in [5.41, 5.74) is 0. The van der Waals surface area contributed by atoms with E-state index >= 15 is 0 Å². The number of nitrogens with zero attached hydrogens (tertiary/aromatic N) is 1. The average molecular weight is 369 g/mol. The number of rotatable bonds is 14. The van der Waals surface area contributed by atoms with E-state index in [1.54, 1.807) is 0 Å². The van der Waals surface area contributed by atoms with Gasteiger partial charge in [0.05, 0.1) is 34.8 Å². The molecule has 5 nitrogen and oxygen atoms in total. The second-order valence-corrected chi connectivity index (χ2v) is 8.69. The smallest absolute Gasteiger partial charge is 0.331 e. The highest BCUT2D eigenvalue weighted by Gasteiger charge is 2.04. The third kappa shape index (κ3) is 29.8. The molecule has 0 unspecified atom stereocenters. The van der Waals surface area contributed by atoms with Crippen molar-refractivity contribution < 1.29 is 21.6 Å². The molecule has 0 rings (SSSR count). The predicted octanol–water partition coefficient (Wildman–Crippen LogP) is 4.83. The molecule has 0 atom stereocenters. The molecule has 0 saturated heterocycles. The Bertz CT molecular complexity index is 351. The van der Waals surface area contributed by atoms with Crippen molar-refractivity contribution in [3.8, 4) is 0 Å². The fourth-order valence-corrected chi connectivity index (χ4v) is 2.43. The molecule has 0 aliphatic rings. The second-order valence-electron chi connectivity index (χ2n) is 7.50. The summed E-state index contributed by atoms with van der Waals surface area (Å²) < 4.78 is 30.8. The maximum atomic E-state index is 9.33. The van der Waals surface area contributed by atoms with Gasteiger partial charge in [0.25, 0.3) is 0 Å². The van der Waals surface area contributed by atoms with Gasteiger partial charge in [0.2, 0.25) is 0 Å². The maximum absolute atomic E-state index is 9.33.